The molecule has 1 atom stereocenters. The Morgan fingerprint density at radius 1 is 1.50 bits per heavy atom. The molecule has 0 spiro atoms. The normalized spacial score (nSPS) is 19.8. The number of hydrogen-bond donors (Lipinski definition) is 1. The summed E-state index contributed by atoms with van der Waals surface area (Å²) >= 11 is 5.93. The van der Waals surface area contributed by atoms with Crippen LogP contribution in [0.25, 0.3) is 0 Å². The van der Waals surface area contributed by atoms with Crippen molar-refractivity contribution < 1.29 is 13.5 Å². The van der Waals surface area contributed by atoms with Crippen LogP contribution in [0.1, 0.15) is 12.5 Å². The van der Waals surface area contributed by atoms with Gasteiger partial charge in [-0.25, -0.2) is 0 Å². The van der Waals surface area contributed by atoms with E-state index < -0.39 is 6.61 Å². The number of nitrogens with one attached hydrogen (secondary N) is 1. The zero-order valence-corrected chi connectivity index (χ0v) is 12.7. The molecule has 0 unspecified atom stereocenters. The maximum atomic E-state index is 12.1. The van der Waals surface area contributed by atoms with Crippen molar-refractivity contribution in [2.75, 3.05) is 19.6 Å². The van der Waals surface area contributed by atoms with Gasteiger partial charge in [-0.2, -0.15) is 8.78 Å². The third-order valence-electron chi connectivity index (χ3n) is 3.07. The largest absolute Gasteiger partial charge is 0.433 e. The highest BCUT2D eigenvalue weighted by atomic mass is 35.5. The van der Waals surface area contributed by atoms with Crippen LogP contribution in [0.5, 0.6) is 5.75 Å². The zero-order chi connectivity index (χ0) is 13.8. The topological polar surface area (TPSA) is 24.5 Å². The first-order chi connectivity index (χ1) is 9.04. The Hall–Kier alpha value is -0.620. The monoisotopic (exact) mass is 326 g/mol. The fraction of sp³-hybridized carbons (Fsp3) is 0.538. The van der Waals surface area contributed by atoms with Gasteiger partial charge >= 0.3 is 6.61 Å². The molecular formula is C13H18Cl2F2N2O. The number of rotatable bonds is 4. The molecule has 0 aliphatic carbocycles. The van der Waals surface area contributed by atoms with Crippen LogP contribution in [-0.4, -0.2) is 37.2 Å². The summed E-state index contributed by atoms with van der Waals surface area (Å²) in [5.74, 6) is 0.0223. The number of halogens is 4. The third kappa shape index (κ3) is 5.05. The van der Waals surface area contributed by atoms with Gasteiger partial charge < -0.3 is 10.1 Å². The van der Waals surface area contributed by atoms with E-state index >= 15 is 0 Å². The van der Waals surface area contributed by atoms with Crippen molar-refractivity contribution in [3.05, 3.63) is 28.8 Å². The molecule has 1 aliphatic rings. The molecule has 1 aromatic rings. The van der Waals surface area contributed by atoms with E-state index in [9.17, 15) is 8.78 Å². The Balaban J connectivity index is 0.00000200. The summed E-state index contributed by atoms with van der Waals surface area (Å²) in [6, 6.07) is 5.42. The van der Waals surface area contributed by atoms with Crippen LogP contribution < -0.4 is 10.1 Å². The van der Waals surface area contributed by atoms with Crippen molar-refractivity contribution in [1.82, 2.24) is 10.2 Å². The maximum absolute atomic E-state index is 12.1. The molecule has 1 aromatic carbocycles. The molecule has 0 bridgehead atoms. The van der Waals surface area contributed by atoms with Crippen molar-refractivity contribution in [2.45, 2.75) is 26.1 Å². The second-order valence-electron chi connectivity index (χ2n) is 4.73. The van der Waals surface area contributed by atoms with E-state index in [2.05, 4.69) is 21.9 Å². The molecule has 0 radical (unpaired) electrons. The van der Waals surface area contributed by atoms with E-state index in [1.807, 2.05) is 0 Å². The summed E-state index contributed by atoms with van der Waals surface area (Å²) in [7, 11) is 0. The molecule has 3 nitrogen and oxygen atoms in total. The molecule has 1 saturated heterocycles. The standard InChI is InChI=1S/C13H17ClF2N2O.ClH/c1-9-7-18(5-4-17-9)8-10-2-3-12(11(14)6-10)19-13(15)16;/h2-3,6,9,13,17H,4-5,7-8H2,1H3;1H/t9-;/m0./s1. The molecule has 1 aliphatic heterocycles. The highest BCUT2D eigenvalue weighted by Crippen LogP contribution is 2.27. The summed E-state index contributed by atoms with van der Waals surface area (Å²) in [6.45, 7) is 2.95. The number of benzene rings is 1. The van der Waals surface area contributed by atoms with Gasteiger partial charge in [0.2, 0.25) is 0 Å². The third-order valence-corrected chi connectivity index (χ3v) is 3.37. The number of ether oxygens (including phenoxy) is 1. The molecule has 0 aromatic heterocycles. The van der Waals surface area contributed by atoms with Crippen molar-refractivity contribution >= 4 is 24.0 Å². The number of hydrogen-bond acceptors (Lipinski definition) is 3. The van der Waals surface area contributed by atoms with Crippen LogP contribution in [0, 0.1) is 0 Å². The lowest BCUT2D eigenvalue weighted by atomic mass is 10.1. The Kier molecular flexibility index (Phi) is 6.95. The smallest absolute Gasteiger partial charge is 0.387 e. The van der Waals surface area contributed by atoms with E-state index in [4.69, 9.17) is 11.6 Å². The molecule has 1 N–H and O–H groups in total. The van der Waals surface area contributed by atoms with Gasteiger partial charge in [0.25, 0.3) is 0 Å². The second-order valence-corrected chi connectivity index (χ2v) is 5.14. The maximum Gasteiger partial charge on any atom is 0.387 e. The Morgan fingerprint density at radius 2 is 2.25 bits per heavy atom. The minimum Gasteiger partial charge on any atom is -0.433 e. The molecule has 1 fully saturated rings. The number of piperazine rings is 1. The fourth-order valence-corrected chi connectivity index (χ4v) is 2.50. The summed E-state index contributed by atoms with van der Waals surface area (Å²) in [4.78, 5) is 2.31. The highest BCUT2D eigenvalue weighted by molar-refractivity contribution is 6.32. The van der Waals surface area contributed by atoms with Crippen LogP contribution in [-0.2, 0) is 6.54 Å². The lowest BCUT2D eigenvalue weighted by Gasteiger charge is -2.31. The zero-order valence-electron chi connectivity index (χ0n) is 11.1. The van der Waals surface area contributed by atoms with Gasteiger partial charge in [-0.05, 0) is 24.6 Å². The van der Waals surface area contributed by atoms with Crippen LogP contribution in [0.2, 0.25) is 5.02 Å². The van der Waals surface area contributed by atoms with Crippen molar-refractivity contribution in [2.24, 2.45) is 0 Å². The first-order valence-electron chi connectivity index (χ1n) is 6.23. The molecule has 114 valence electrons. The van der Waals surface area contributed by atoms with Gasteiger partial charge in [-0.3, -0.25) is 4.90 Å². The molecule has 7 heteroatoms. The lowest BCUT2D eigenvalue weighted by molar-refractivity contribution is -0.0498. The predicted octanol–water partition coefficient (Wildman–Crippen LogP) is 3.16. The first-order valence-corrected chi connectivity index (χ1v) is 6.61. The average molecular weight is 327 g/mol. The molecular weight excluding hydrogens is 309 g/mol. The number of nitrogens with zero attached hydrogens (tertiary/aromatic N) is 1. The molecule has 20 heavy (non-hydrogen) atoms. The highest BCUT2D eigenvalue weighted by Gasteiger charge is 2.16. The first kappa shape index (κ1) is 17.4. The van der Waals surface area contributed by atoms with E-state index in [-0.39, 0.29) is 23.2 Å². The average Bonchev–Trinajstić information content (AvgIpc) is 2.32. The van der Waals surface area contributed by atoms with E-state index in [1.54, 1.807) is 12.1 Å². The molecule has 0 saturated carbocycles. The van der Waals surface area contributed by atoms with Crippen molar-refractivity contribution in [1.29, 1.82) is 0 Å². The molecule has 0 amide bonds. The minimum absolute atomic E-state index is 0. The Bertz CT molecular complexity index is 435. The van der Waals surface area contributed by atoms with E-state index in [0.717, 1.165) is 31.7 Å². The SMILES string of the molecule is C[C@H]1CN(Cc2ccc(OC(F)F)c(Cl)c2)CCN1.Cl. The minimum atomic E-state index is -2.85. The van der Waals surface area contributed by atoms with E-state index in [1.165, 1.54) is 6.07 Å². The summed E-state index contributed by atoms with van der Waals surface area (Å²) in [5.41, 5.74) is 1.00. The van der Waals surface area contributed by atoms with Crippen LogP contribution in [0.15, 0.2) is 18.2 Å². The summed E-state index contributed by atoms with van der Waals surface area (Å²) in [6.07, 6.45) is 0. The molecule has 2 rings (SSSR count). The van der Waals surface area contributed by atoms with Crippen LogP contribution in [0.4, 0.5) is 8.78 Å². The Labute approximate surface area is 128 Å². The van der Waals surface area contributed by atoms with Crippen LogP contribution in [0.3, 0.4) is 0 Å². The van der Waals surface area contributed by atoms with Crippen LogP contribution >= 0.6 is 24.0 Å². The predicted molar refractivity (Wildman–Crippen MR) is 78.1 cm³/mol. The van der Waals surface area contributed by atoms with Gasteiger partial charge in [0.1, 0.15) is 5.75 Å². The van der Waals surface area contributed by atoms with Gasteiger partial charge in [0, 0.05) is 32.2 Å². The van der Waals surface area contributed by atoms with Gasteiger partial charge in [-0.15, -0.1) is 12.4 Å². The van der Waals surface area contributed by atoms with Crippen molar-refractivity contribution in [3.63, 3.8) is 0 Å². The lowest BCUT2D eigenvalue weighted by Crippen LogP contribution is -2.48. The van der Waals surface area contributed by atoms with Gasteiger partial charge in [0.15, 0.2) is 0 Å². The second kappa shape index (κ2) is 7.98. The van der Waals surface area contributed by atoms with E-state index in [0.29, 0.717) is 6.04 Å². The summed E-state index contributed by atoms with van der Waals surface area (Å²) in [5, 5.41) is 3.59. The Morgan fingerprint density at radius 3 is 2.85 bits per heavy atom. The fourth-order valence-electron chi connectivity index (χ4n) is 2.25. The quantitative estimate of drug-likeness (QED) is 0.919. The van der Waals surface area contributed by atoms with Gasteiger partial charge in [-0.1, -0.05) is 17.7 Å². The summed E-state index contributed by atoms with van der Waals surface area (Å²) < 4.78 is 28.6. The van der Waals surface area contributed by atoms with Crippen molar-refractivity contribution in [3.8, 4) is 5.75 Å². The number of alkyl halides is 2. The molecule has 1 heterocycles. The van der Waals surface area contributed by atoms with Gasteiger partial charge in [0.05, 0.1) is 5.02 Å².